The lowest BCUT2D eigenvalue weighted by molar-refractivity contribution is -0.122. The van der Waals surface area contributed by atoms with E-state index < -0.39 is 0 Å². The van der Waals surface area contributed by atoms with Gasteiger partial charge in [0.05, 0.1) is 23.6 Å². The lowest BCUT2D eigenvalue weighted by atomic mass is 10.2. The number of nitrogens with zero attached hydrogens (tertiary/aromatic N) is 2. The number of benzene rings is 2. The fourth-order valence-corrected chi connectivity index (χ4v) is 4.15. The van der Waals surface area contributed by atoms with Crippen LogP contribution in [0.1, 0.15) is 30.3 Å². The lowest BCUT2D eigenvalue weighted by Crippen LogP contribution is -2.36. The highest BCUT2D eigenvalue weighted by atomic mass is 35.5. The third kappa shape index (κ3) is 3.75. The Morgan fingerprint density at radius 2 is 2.14 bits per heavy atom. The van der Waals surface area contributed by atoms with Gasteiger partial charge in [0.1, 0.15) is 5.82 Å². The van der Waals surface area contributed by atoms with Gasteiger partial charge in [-0.25, -0.2) is 4.98 Å². The highest BCUT2D eigenvalue weighted by Crippen LogP contribution is 2.33. The van der Waals surface area contributed by atoms with Gasteiger partial charge in [-0.3, -0.25) is 9.69 Å². The number of halogens is 1. The molecule has 0 unspecified atom stereocenters. The summed E-state index contributed by atoms with van der Waals surface area (Å²) in [5.41, 5.74) is 2.80. The van der Waals surface area contributed by atoms with Crippen LogP contribution in [0.25, 0.3) is 11.0 Å². The van der Waals surface area contributed by atoms with Crippen LogP contribution in [0.15, 0.2) is 36.4 Å². The van der Waals surface area contributed by atoms with Gasteiger partial charge in [0, 0.05) is 11.6 Å². The first-order valence-corrected chi connectivity index (χ1v) is 10.1. The Bertz CT molecular complexity index is 1070. The fraction of sp³-hybridized carbons (Fsp3) is 0.333. The predicted molar refractivity (Wildman–Crippen MR) is 109 cm³/mol. The maximum atomic E-state index is 12.5. The number of hydrogen-bond donors (Lipinski definition) is 2. The van der Waals surface area contributed by atoms with Crippen molar-refractivity contribution in [2.24, 2.45) is 0 Å². The van der Waals surface area contributed by atoms with Gasteiger partial charge in [-0.05, 0) is 55.3 Å². The van der Waals surface area contributed by atoms with Crippen LogP contribution in [-0.4, -0.2) is 40.7 Å². The predicted octanol–water partition coefficient (Wildman–Crippen LogP) is 3.40. The minimum atomic E-state index is -0.00581. The molecule has 7 nitrogen and oxygen atoms in total. The standard InChI is InChI=1S/C21H21ClN4O3/c22-14-4-5-15-16(9-14)25-21(24-15)17-2-1-7-26(17)11-20(27)23-10-13-3-6-18-19(8-13)29-12-28-18/h3-6,8-9,17H,1-2,7,10-12H2,(H,23,27)(H,24,25)/t17-/m1/s1. The molecule has 1 amide bonds. The van der Waals surface area contributed by atoms with E-state index in [2.05, 4.69) is 15.2 Å². The third-order valence-corrected chi connectivity index (χ3v) is 5.65. The second-order valence-corrected chi connectivity index (χ2v) is 7.81. The number of ether oxygens (including phenoxy) is 2. The molecule has 5 rings (SSSR count). The minimum Gasteiger partial charge on any atom is -0.454 e. The Morgan fingerprint density at radius 1 is 1.24 bits per heavy atom. The molecular formula is C21H21ClN4O3. The minimum absolute atomic E-state index is 0.00581. The van der Waals surface area contributed by atoms with Crippen LogP contribution in [-0.2, 0) is 11.3 Å². The van der Waals surface area contributed by atoms with Crippen LogP contribution in [0.5, 0.6) is 11.5 Å². The molecule has 3 aromatic rings. The van der Waals surface area contributed by atoms with E-state index in [0.717, 1.165) is 53.3 Å². The van der Waals surface area contributed by atoms with E-state index in [-0.39, 0.29) is 18.7 Å². The van der Waals surface area contributed by atoms with Gasteiger partial charge in [0.2, 0.25) is 12.7 Å². The van der Waals surface area contributed by atoms with Crippen molar-refractivity contribution in [2.75, 3.05) is 19.9 Å². The average molecular weight is 413 g/mol. The average Bonchev–Trinajstić information content (AvgIpc) is 3.44. The maximum Gasteiger partial charge on any atom is 0.234 e. The molecule has 0 saturated carbocycles. The largest absolute Gasteiger partial charge is 0.454 e. The quantitative estimate of drug-likeness (QED) is 0.671. The van der Waals surface area contributed by atoms with Gasteiger partial charge in [-0.2, -0.15) is 0 Å². The Morgan fingerprint density at radius 3 is 3.07 bits per heavy atom. The normalized spacial score (nSPS) is 18.4. The Labute approximate surface area is 173 Å². The summed E-state index contributed by atoms with van der Waals surface area (Å²) >= 11 is 6.08. The number of fused-ring (bicyclic) bond motifs is 2. The number of aromatic nitrogens is 2. The zero-order valence-corrected chi connectivity index (χ0v) is 16.5. The van der Waals surface area contributed by atoms with Crippen molar-refractivity contribution in [3.05, 3.63) is 52.8 Å². The SMILES string of the molecule is O=C(CN1CCC[C@@H]1c1nc2ccc(Cl)cc2[nH]1)NCc1ccc2c(c1)OCO2. The number of imidazole rings is 1. The first-order chi connectivity index (χ1) is 14.2. The molecule has 0 bridgehead atoms. The summed E-state index contributed by atoms with van der Waals surface area (Å²) in [4.78, 5) is 22.8. The van der Waals surface area contributed by atoms with E-state index in [9.17, 15) is 4.79 Å². The summed E-state index contributed by atoms with van der Waals surface area (Å²) in [7, 11) is 0. The summed E-state index contributed by atoms with van der Waals surface area (Å²) in [5, 5.41) is 3.68. The molecule has 2 aliphatic heterocycles. The summed E-state index contributed by atoms with van der Waals surface area (Å²) < 4.78 is 10.7. The third-order valence-electron chi connectivity index (χ3n) is 5.41. The smallest absolute Gasteiger partial charge is 0.234 e. The van der Waals surface area contributed by atoms with Gasteiger partial charge in [0.25, 0.3) is 0 Å². The van der Waals surface area contributed by atoms with Crippen LogP contribution in [0.2, 0.25) is 5.02 Å². The van der Waals surface area contributed by atoms with E-state index in [4.69, 9.17) is 26.1 Å². The van der Waals surface area contributed by atoms with Crippen molar-refractivity contribution in [2.45, 2.75) is 25.4 Å². The number of amides is 1. The second kappa shape index (κ2) is 7.57. The summed E-state index contributed by atoms with van der Waals surface area (Å²) in [6.45, 7) is 1.92. The van der Waals surface area contributed by atoms with Crippen molar-refractivity contribution in [1.82, 2.24) is 20.2 Å². The van der Waals surface area contributed by atoms with Gasteiger partial charge in [-0.1, -0.05) is 17.7 Å². The first-order valence-electron chi connectivity index (χ1n) is 9.70. The number of carbonyl (C=O) groups excluding carboxylic acids is 1. The molecule has 1 atom stereocenters. The molecule has 0 radical (unpaired) electrons. The van der Waals surface area contributed by atoms with Gasteiger partial charge >= 0.3 is 0 Å². The summed E-state index contributed by atoms with van der Waals surface area (Å²) in [6, 6.07) is 11.4. The van der Waals surface area contributed by atoms with Gasteiger partial charge in [0.15, 0.2) is 11.5 Å². The Kier molecular flexibility index (Phi) is 4.77. The van der Waals surface area contributed by atoms with Gasteiger partial charge < -0.3 is 19.8 Å². The zero-order valence-electron chi connectivity index (χ0n) is 15.8. The number of carbonyl (C=O) groups is 1. The zero-order chi connectivity index (χ0) is 19.8. The molecule has 0 aliphatic carbocycles. The highest BCUT2D eigenvalue weighted by Gasteiger charge is 2.30. The van der Waals surface area contributed by atoms with Crippen molar-refractivity contribution in [1.29, 1.82) is 0 Å². The summed E-state index contributed by atoms with van der Waals surface area (Å²) in [6.07, 6.45) is 2.01. The van der Waals surface area contributed by atoms with Gasteiger partial charge in [-0.15, -0.1) is 0 Å². The van der Waals surface area contributed by atoms with Crippen LogP contribution in [0.4, 0.5) is 0 Å². The van der Waals surface area contributed by atoms with Crippen LogP contribution >= 0.6 is 11.6 Å². The molecule has 2 N–H and O–H groups in total. The number of nitrogens with one attached hydrogen (secondary N) is 2. The number of H-pyrrole nitrogens is 1. The molecule has 3 heterocycles. The van der Waals surface area contributed by atoms with Crippen molar-refractivity contribution < 1.29 is 14.3 Å². The molecule has 1 saturated heterocycles. The highest BCUT2D eigenvalue weighted by molar-refractivity contribution is 6.31. The maximum absolute atomic E-state index is 12.5. The topological polar surface area (TPSA) is 79.5 Å². The number of likely N-dealkylation sites (tertiary alicyclic amines) is 1. The molecule has 2 aromatic carbocycles. The number of rotatable bonds is 5. The fourth-order valence-electron chi connectivity index (χ4n) is 3.98. The van der Waals surface area contributed by atoms with Crippen molar-refractivity contribution >= 4 is 28.5 Å². The van der Waals surface area contributed by atoms with E-state index in [1.807, 2.05) is 36.4 Å². The number of aromatic amines is 1. The molecule has 29 heavy (non-hydrogen) atoms. The lowest BCUT2D eigenvalue weighted by Gasteiger charge is -2.22. The molecule has 8 heteroatoms. The van der Waals surface area contributed by atoms with Crippen molar-refractivity contribution in [3.8, 4) is 11.5 Å². The van der Waals surface area contributed by atoms with E-state index in [1.54, 1.807) is 0 Å². The van der Waals surface area contributed by atoms with E-state index in [1.165, 1.54) is 0 Å². The Balaban J connectivity index is 1.22. The molecule has 0 spiro atoms. The first kappa shape index (κ1) is 18.3. The van der Waals surface area contributed by atoms with Crippen LogP contribution in [0.3, 0.4) is 0 Å². The number of hydrogen-bond acceptors (Lipinski definition) is 5. The molecule has 1 fully saturated rings. The monoisotopic (exact) mass is 412 g/mol. The van der Waals surface area contributed by atoms with Crippen LogP contribution < -0.4 is 14.8 Å². The Hall–Kier alpha value is -2.77. The molecular weight excluding hydrogens is 392 g/mol. The molecule has 150 valence electrons. The summed E-state index contributed by atoms with van der Waals surface area (Å²) in [5.74, 6) is 2.35. The molecule has 2 aliphatic rings. The second-order valence-electron chi connectivity index (χ2n) is 7.38. The molecule has 1 aromatic heterocycles. The van der Waals surface area contributed by atoms with Crippen molar-refractivity contribution in [3.63, 3.8) is 0 Å². The van der Waals surface area contributed by atoms with E-state index in [0.29, 0.717) is 18.1 Å². The van der Waals surface area contributed by atoms with Crippen LogP contribution in [0, 0.1) is 0 Å². The van der Waals surface area contributed by atoms with E-state index >= 15 is 0 Å².